The summed E-state index contributed by atoms with van der Waals surface area (Å²) in [5.74, 6) is 0.627. The van der Waals surface area contributed by atoms with Crippen molar-refractivity contribution in [1.29, 1.82) is 0 Å². The van der Waals surface area contributed by atoms with Crippen molar-refractivity contribution in [2.45, 2.75) is 25.9 Å². The maximum absolute atomic E-state index is 10.7. The van der Waals surface area contributed by atoms with Crippen LogP contribution in [0.2, 0.25) is 0 Å². The summed E-state index contributed by atoms with van der Waals surface area (Å²) >= 11 is 0. The van der Waals surface area contributed by atoms with E-state index in [-0.39, 0.29) is 0 Å². The van der Waals surface area contributed by atoms with Crippen molar-refractivity contribution in [1.82, 2.24) is 5.32 Å². The molecule has 1 aliphatic rings. The molecule has 5 heteroatoms. The summed E-state index contributed by atoms with van der Waals surface area (Å²) in [6.45, 7) is 3.42. The average molecular weight is 251 g/mol. The van der Waals surface area contributed by atoms with Gasteiger partial charge in [-0.3, -0.25) is 4.79 Å². The topological polar surface area (TPSA) is 67.8 Å². The Labute approximate surface area is 106 Å². The lowest BCUT2D eigenvalue weighted by atomic mass is 10.2. The molecule has 1 aromatic carbocycles. The predicted octanol–water partition coefficient (Wildman–Crippen LogP) is 1.41. The standard InChI is InChI=1S/C13H17NO4/c1-9(13(15)16)14-8-10-3-4-11-12(7-10)18-6-2-5-17-11/h3-4,7,9,14H,2,5-6,8H2,1H3,(H,15,16). The van der Waals surface area contributed by atoms with Crippen molar-refractivity contribution >= 4 is 5.97 Å². The van der Waals surface area contributed by atoms with Crippen molar-refractivity contribution in [2.24, 2.45) is 0 Å². The molecule has 98 valence electrons. The quantitative estimate of drug-likeness (QED) is 0.847. The number of fused-ring (bicyclic) bond motifs is 1. The fraction of sp³-hybridized carbons (Fsp3) is 0.462. The van der Waals surface area contributed by atoms with Crippen LogP contribution in [0.15, 0.2) is 18.2 Å². The van der Waals surface area contributed by atoms with Crippen molar-refractivity contribution in [2.75, 3.05) is 13.2 Å². The molecule has 5 nitrogen and oxygen atoms in total. The third-order valence-electron chi connectivity index (χ3n) is 2.79. The molecule has 1 unspecified atom stereocenters. The van der Waals surface area contributed by atoms with Crippen molar-refractivity contribution < 1.29 is 19.4 Å². The van der Waals surface area contributed by atoms with Crippen LogP contribution in [0.5, 0.6) is 11.5 Å². The number of rotatable bonds is 4. The molecule has 0 bridgehead atoms. The van der Waals surface area contributed by atoms with Crippen LogP contribution in [-0.4, -0.2) is 30.3 Å². The summed E-state index contributed by atoms with van der Waals surface area (Å²) in [7, 11) is 0. The van der Waals surface area contributed by atoms with Gasteiger partial charge in [-0.05, 0) is 24.6 Å². The molecule has 0 saturated heterocycles. The molecule has 0 aliphatic carbocycles. The number of carboxylic acid groups (broad SMARTS) is 1. The maximum Gasteiger partial charge on any atom is 0.320 e. The normalized spacial score (nSPS) is 15.8. The number of aliphatic carboxylic acids is 1. The Morgan fingerprint density at radius 3 is 2.83 bits per heavy atom. The first-order valence-corrected chi connectivity index (χ1v) is 6.01. The molecule has 0 aromatic heterocycles. The van der Waals surface area contributed by atoms with E-state index in [0.717, 1.165) is 23.5 Å². The number of ether oxygens (including phenoxy) is 2. The highest BCUT2D eigenvalue weighted by molar-refractivity contribution is 5.72. The van der Waals surface area contributed by atoms with E-state index in [4.69, 9.17) is 14.6 Å². The Hall–Kier alpha value is -1.75. The lowest BCUT2D eigenvalue weighted by Crippen LogP contribution is -2.33. The summed E-state index contributed by atoms with van der Waals surface area (Å²) in [6.07, 6.45) is 0.873. The molecule has 2 N–H and O–H groups in total. The van der Waals surface area contributed by atoms with Crippen LogP contribution in [0, 0.1) is 0 Å². The second-order valence-corrected chi connectivity index (χ2v) is 4.27. The molecule has 1 aliphatic heterocycles. The van der Waals surface area contributed by atoms with Crippen LogP contribution in [0.25, 0.3) is 0 Å². The van der Waals surface area contributed by atoms with Gasteiger partial charge in [0.2, 0.25) is 0 Å². The number of carboxylic acids is 1. The zero-order chi connectivity index (χ0) is 13.0. The van der Waals surface area contributed by atoms with E-state index >= 15 is 0 Å². The minimum atomic E-state index is -0.857. The van der Waals surface area contributed by atoms with E-state index in [2.05, 4.69) is 5.32 Å². The first-order valence-electron chi connectivity index (χ1n) is 6.01. The SMILES string of the molecule is CC(NCc1ccc2c(c1)OCCCO2)C(=O)O. The van der Waals surface area contributed by atoms with Crippen molar-refractivity contribution in [3.8, 4) is 11.5 Å². The fourth-order valence-electron chi connectivity index (χ4n) is 1.68. The second-order valence-electron chi connectivity index (χ2n) is 4.27. The van der Waals surface area contributed by atoms with Crippen LogP contribution >= 0.6 is 0 Å². The smallest absolute Gasteiger partial charge is 0.320 e. The molecule has 18 heavy (non-hydrogen) atoms. The molecule has 2 rings (SSSR count). The molecule has 0 fully saturated rings. The Morgan fingerprint density at radius 1 is 1.39 bits per heavy atom. The zero-order valence-electron chi connectivity index (χ0n) is 10.3. The highest BCUT2D eigenvalue weighted by Gasteiger charge is 2.12. The molecule has 1 heterocycles. The number of carbonyl (C=O) groups is 1. The van der Waals surface area contributed by atoms with E-state index in [1.54, 1.807) is 6.92 Å². The molecule has 1 atom stereocenters. The van der Waals surface area contributed by atoms with E-state index in [0.29, 0.717) is 19.8 Å². The summed E-state index contributed by atoms with van der Waals surface area (Å²) in [4.78, 5) is 10.7. The Morgan fingerprint density at radius 2 is 2.11 bits per heavy atom. The summed E-state index contributed by atoms with van der Waals surface area (Å²) in [5, 5.41) is 11.7. The van der Waals surface area contributed by atoms with Crippen LogP contribution in [0.4, 0.5) is 0 Å². The Kier molecular flexibility index (Phi) is 4.04. The monoisotopic (exact) mass is 251 g/mol. The highest BCUT2D eigenvalue weighted by Crippen LogP contribution is 2.30. The van der Waals surface area contributed by atoms with Gasteiger partial charge >= 0.3 is 5.97 Å². The van der Waals surface area contributed by atoms with E-state index < -0.39 is 12.0 Å². The number of hydrogen-bond donors (Lipinski definition) is 2. The van der Waals surface area contributed by atoms with E-state index in [9.17, 15) is 4.79 Å². The van der Waals surface area contributed by atoms with Gasteiger partial charge in [0, 0.05) is 13.0 Å². The van der Waals surface area contributed by atoms with Gasteiger partial charge in [-0.2, -0.15) is 0 Å². The average Bonchev–Trinajstić information content (AvgIpc) is 2.60. The molecular weight excluding hydrogens is 234 g/mol. The molecular formula is C13H17NO4. The largest absolute Gasteiger partial charge is 0.490 e. The summed E-state index contributed by atoms with van der Waals surface area (Å²) < 4.78 is 11.1. The predicted molar refractivity (Wildman–Crippen MR) is 66.0 cm³/mol. The molecule has 0 amide bonds. The van der Waals surface area contributed by atoms with Gasteiger partial charge in [0.15, 0.2) is 11.5 Å². The molecule has 0 saturated carbocycles. The first-order chi connectivity index (χ1) is 8.66. The highest BCUT2D eigenvalue weighted by atomic mass is 16.5. The van der Waals surface area contributed by atoms with Gasteiger partial charge in [0.25, 0.3) is 0 Å². The van der Waals surface area contributed by atoms with Crippen LogP contribution < -0.4 is 14.8 Å². The van der Waals surface area contributed by atoms with Gasteiger partial charge in [0.05, 0.1) is 13.2 Å². The molecule has 1 aromatic rings. The Balaban J connectivity index is 2.02. The maximum atomic E-state index is 10.7. The Bertz CT molecular complexity index is 433. The number of nitrogens with one attached hydrogen (secondary N) is 1. The zero-order valence-corrected chi connectivity index (χ0v) is 10.3. The van der Waals surface area contributed by atoms with Crippen molar-refractivity contribution in [3.05, 3.63) is 23.8 Å². The van der Waals surface area contributed by atoms with Crippen LogP contribution in [0.1, 0.15) is 18.9 Å². The van der Waals surface area contributed by atoms with Gasteiger partial charge in [0.1, 0.15) is 6.04 Å². The van der Waals surface area contributed by atoms with Gasteiger partial charge in [-0.25, -0.2) is 0 Å². The summed E-state index contributed by atoms with van der Waals surface area (Å²) in [5.41, 5.74) is 0.979. The van der Waals surface area contributed by atoms with Gasteiger partial charge in [-0.15, -0.1) is 0 Å². The minimum absolute atomic E-state index is 0.490. The molecule has 0 spiro atoms. The third-order valence-corrected chi connectivity index (χ3v) is 2.79. The third kappa shape index (κ3) is 3.13. The minimum Gasteiger partial charge on any atom is -0.490 e. The van der Waals surface area contributed by atoms with Gasteiger partial charge in [-0.1, -0.05) is 6.07 Å². The first kappa shape index (κ1) is 12.7. The van der Waals surface area contributed by atoms with Crippen LogP contribution in [-0.2, 0) is 11.3 Å². The lowest BCUT2D eigenvalue weighted by molar-refractivity contribution is -0.139. The van der Waals surface area contributed by atoms with E-state index in [1.165, 1.54) is 0 Å². The van der Waals surface area contributed by atoms with E-state index in [1.807, 2.05) is 18.2 Å². The number of hydrogen-bond acceptors (Lipinski definition) is 4. The fourth-order valence-corrected chi connectivity index (χ4v) is 1.68. The van der Waals surface area contributed by atoms with Crippen molar-refractivity contribution in [3.63, 3.8) is 0 Å². The number of benzene rings is 1. The molecule has 0 radical (unpaired) electrons. The second kappa shape index (κ2) is 5.73. The van der Waals surface area contributed by atoms with Gasteiger partial charge < -0.3 is 19.9 Å². The lowest BCUT2D eigenvalue weighted by Gasteiger charge is -2.11. The summed E-state index contributed by atoms with van der Waals surface area (Å²) in [6, 6.07) is 5.10. The van der Waals surface area contributed by atoms with Crippen LogP contribution in [0.3, 0.4) is 0 Å².